The average molecular weight is 404 g/mol. The summed E-state index contributed by atoms with van der Waals surface area (Å²) < 4.78 is 10.7. The number of pyridine rings is 1. The van der Waals surface area contributed by atoms with Crippen LogP contribution in [-0.2, 0) is 6.54 Å². The fraction of sp³-hybridized carbons (Fsp3) is 0.320. The second kappa shape index (κ2) is 9.63. The number of hydrogen-bond acceptors (Lipinski definition) is 5. The van der Waals surface area contributed by atoms with Crippen molar-refractivity contribution in [2.75, 3.05) is 32.2 Å². The van der Waals surface area contributed by atoms with Gasteiger partial charge in [-0.25, -0.2) is 0 Å². The average Bonchev–Trinajstić information content (AvgIpc) is 2.83. The van der Waals surface area contributed by atoms with E-state index in [4.69, 9.17) is 9.47 Å². The van der Waals surface area contributed by atoms with Crippen LogP contribution in [0.4, 0.5) is 5.69 Å². The highest BCUT2D eigenvalue weighted by Crippen LogP contribution is 2.28. The normalized spacial score (nSPS) is 14.3. The molecule has 0 radical (unpaired) electrons. The number of nitrogens with zero attached hydrogens (tertiary/aromatic N) is 2. The summed E-state index contributed by atoms with van der Waals surface area (Å²) in [5.41, 5.74) is 4.50. The van der Waals surface area contributed by atoms with Crippen LogP contribution in [0.15, 0.2) is 66.9 Å². The summed E-state index contributed by atoms with van der Waals surface area (Å²) in [7, 11) is 3.39. The quantitative estimate of drug-likeness (QED) is 0.628. The predicted octanol–water partition coefficient (Wildman–Crippen LogP) is 4.52. The van der Waals surface area contributed by atoms with Crippen molar-refractivity contribution >= 4 is 5.69 Å². The molecule has 2 heterocycles. The zero-order chi connectivity index (χ0) is 20.8. The number of aromatic nitrogens is 1. The van der Waals surface area contributed by atoms with Gasteiger partial charge in [0.2, 0.25) is 0 Å². The third-order valence-electron chi connectivity index (χ3n) is 5.70. The van der Waals surface area contributed by atoms with Gasteiger partial charge >= 0.3 is 0 Å². The smallest absolute Gasteiger partial charge is 0.119 e. The maximum atomic E-state index is 5.38. The Kier molecular flexibility index (Phi) is 6.50. The topological polar surface area (TPSA) is 46.6 Å². The fourth-order valence-electron chi connectivity index (χ4n) is 4.03. The molecule has 0 saturated carbocycles. The monoisotopic (exact) mass is 403 g/mol. The van der Waals surface area contributed by atoms with Crippen LogP contribution >= 0.6 is 0 Å². The van der Waals surface area contributed by atoms with E-state index in [9.17, 15) is 0 Å². The van der Waals surface area contributed by atoms with Crippen molar-refractivity contribution in [3.05, 3.63) is 72.4 Å². The summed E-state index contributed by atoms with van der Waals surface area (Å²) >= 11 is 0. The molecule has 0 atom stereocenters. The molecule has 1 N–H and O–H groups in total. The SMILES string of the molecule is COc1ccc(N(Cc2ccnc(-c3cccc(OC)c3)c2)C2CCNCC2)cc1. The first kappa shape index (κ1) is 20.2. The number of hydrogen-bond donors (Lipinski definition) is 1. The van der Waals surface area contributed by atoms with Gasteiger partial charge in [-0.05, 0) is 80.0 Å². The number of anilines is 1. The number of rotatable bonds is 7. The van der Waals surface area contributed by atoms with Crippen LogP contribution in [0.25, 0.3) is 11.3 Å². The van der Waals surface area contributed by atoms with E-state index >= 15 is 0 Å². The van der Waals surface area contributed by atoms with E-state index < -0.39 is 0 Å². The highest BCUT2D eigenvalue weighted by molar-refractivity contribution is 5.62. The number of benzene rings is 2. The standard InChI is InChI=1S/C25H29N3O2/c1-29-23-8-6-21(7-9-23)28(22-11-13-26-14-12-22)18-19-10-15-27-25(16-19)20-4-3-5-24(17-20)30-2/h3-10,15-17,22,26H,11-14,18H2,1-2H3. The molecular weight excluding hydrogens is 374 g/mol. The maximum absolute atomic E-state index is 5.38. The van der Waals surface area contributed by atoms with E-state index in [1.807, 2.05) is 36.5 Å². The second-order valence-electron chi connectivity index (χ2n) is 7.59. The Labute approximate surface area is 178 Å². The summed E-state index contributed by atoms with van der Waals surface area (Å²) in [6.45, 7) is 2.96. The molecule has 3 aromatic rings. The lowest BCUT2D eigenvalue weighted by Gasteiger charge is -2.36. The van der Waals surface area contributed by atoms with Crippen molar-refractivity contribution in [3.63, 3.8) is 0 Å². The zero-order valence-corrected chi connectivity index (χ0v) is 17.7. The van der Waals surface area contributed by atoms with E-state index in [1.54, 1.807) is 14.2 Å². The molecule has 0 bridgehead atoms. The summed E-state index contributed by atoms with van der Waals surface area (Å²) in [5, 5.41) is 3.48. The van der Waals surface area contributed by atoms with Gasteiger partial charge in [0.05, 0.1) is 19.9 Å². The lowest BCUT2D eigenvalue weighted by molar-refractivity contribution is 0.413. The summed E-state index contributed by atoms with van der Waals surface area (Å²) in [6, 6.07) is 21.3. The molecule has 1 aromatic heterocycles. The molecular formula is C25H29N3O2. The van der Waals surface area contributed by atoms with Gasteiger partial charge in [0.25, 0.3) is 0 Å². The lowest BCUT2D eigenvalue weighted by atomic mass is 10.0. The zero-order valence-electron chi connectivity index (χ0n) is 17.7. The van der Waals surface area contributed by atoms with Crippen LogP contribution < -0.4 is 19.7 Å². The van der Waals surface area contributed by atoms with Gasteiger partial charge in [-0.1, -0.05) is 12.1 Å². The molecule has 0 unspecified atom stereocenters. The van der Waals surface area contributed by atoms with Gasteiger partial charge in [0.1, 0.15) is 11.5 Å². The van der Waals surface area contributed by atoms with Gasteiger partial charge in [-0.15, -0.1) is 0 Å². The molecule has 1 fully saturated rings. The van der Waals surface area contributed by atoms with E-state index in [0.29, 0.717) is 6.04 Å². The highest BCUT2D eigenvalue weighted by Gasteiger charge is 2.22. The van der Waals surface area contributed by atoms with Gasteiger partial charge in [0.15, 0.2) is 0 Å². The Morgan fingerprint density at radius 3 is 2.43 bits per heavy atom. The highest BCUT2D eigenvalue weighted by atomic mass is 16.5. The Balaban J connectivity index is 1.62. The van der Waals surface area contributed by atoms with Gasteiger partial charge < -0.3 is 19.7 Å². The molecule has 1 aliphatic rings. The maximum Gasteiger partial charge on any atom is 0.119 e. The van der Waals surface area contributed by atoms with Gasteiger partial charge in [0, 0.05) is 30.0 Å². The molecule has 5 nitrogen and oxygen atoms in total. The molecule has 156 valence electrons. The number of piperidine rings is 1. The molecule has 4 rings (SSSR count). The van der Waals surface area contributed by atoms with Crippen LogP contribution in [-0.4, -0.2) is 38.3 Å². The van der Waals surface area contributed by atoms with Gasteiger partial charge in [-0.2, -0.15) is 0 Å². The third kappa shape index (κ3) is 4.74. The molecule has 0 spiro atoms. The van der Waals surface area contributed by atoms with Crippen molar-refractivity contribution in [1.29, 1.82) is 0 Å². The first-order valence-corrected chi connectivity index (χ1v) is 10.5. The number of nitrogens with one attached hydrogen (secondary N) is 1. The van der Waals surface area contributed by atoms with Crippen LogP contribution in [0.3, 0.4) is 0 Å². The minimum atomic E-state index is 0.507. The van der Waals surface area contributed by atoms with Crippen molar-refractivity contribution in [3.8, 4) is 22.8 Å². The first-order chi connectivity index (χ1) is 14.8. The molecule has 5 heteroatoms. The lowest BCUT2D eigenvalue weighted by Crippen LogP contribution is -2.43. The Morgan fingerprint density at radius 2 is 1.70 bits per heavy atom. The predicted molar refractivity (Wildman–Crippen MR) is 121 cm³/mol. The number of ether oxygens (including phenoxy) is 2. The minimum absolute atomic E-state index is 0.507. The minimum Gasteiger partial charge on any atom is -0.497 e. The Hall–Kier alpha value is -3.05. The van der Waals surface area contributed by atoms with Crippen LogP contribution in [0.5, 0.6) is 11.5 Å². The first-order valence-electron chi connectivity index (χ1n) is 10.5. The Morgan fingerprint density at radius 1 is 0.933 bits per heavy atom. The molecule has 0 amide bonds. The third-order valence-corrected chi connectivity index (χ3v) is 5.70. The van der Waals surface area contributed by atoms with Crippen molar-refractivity contribution in [2.45, 2.75) is 25.4 Å². The van der Waals surface area contributed by atoms with E-state index in [2.05, 4.69) is 45.5 Å². The fourth-order valence-corrected chi connectivity index (χ4v) is 4.03. The van der Waals surface area contributed by atoms with Crippen molar-refractivity contribution in [1.82, 2.24) is 10.3 Å². The molecule has 1 saturated heterocycles. The second-order valence-corrected chi connectivity index (χ2v) is 7.59. The van der Waals surface area contributed by atoms with E-state index in [0.717, 1.165) is 55.2 Å². The molecule has 30 heavy (non-hydrogen) atoms. The summed E-state index contributed by atoms with van der Waals surface area (Å²) in [5.74, 6) is 1.72. The van der Waals surface area contributed by atoms with Crippen LogP contribution in [0.2, 0.25) is 0 Å². The molecule has 0 aliphatic carbocycles. The summed E-state index contributed by atoms with van der Waals surface area (Å²) in [6.07, 6.45) is 4.18. The molecule has 1 aliphatic heterocycles. The van der Waals surface area contributed by atoms with E-state index in [1.165, 1.54) is 11.3 Å². The van der Waals surface area contributed by atoms with Gasteiger partial charge in [-0.3, -0.25) is 4.98 Å². The van der Waals surface area contributed by atoms with Crippen LogP contribution in [0, 0.1) is 0 Å². The van der Waals surface area contributed by atoms with Crippen molar-refractivity contribution in [2.24, 2.45) is 0 Å². The largest absolute Gasteiger partial charge is 0.497 e. The molecule has 2 aromatic carbocycles. The van der Waals surface area contributed by atoms with Crippen molar-refractivity contribution < 1.29 is 9.47 Å². The van der Waals surface area contributed by atoms with E-state index in [-0.39, 0.29) is 0 Å². The number of methoxy groups -OCH3 is 2. The summed E-state index contributed by atoms with van der Waals surface area (Å²) in [4.78, 5) is 7.12. The van der Waals surface area contributed by atoms with Crippen LogP contribution in [0.1, 0.15) is 18.4 Å². The Bertz CT molecular complexity index is 953.